The van der Waals surface area contributed by atoms with Gasteiger partial charge in [-0.2, -0.15) is 4.31 Å². The number of rotatable bonds is 4. The second-order valence-corrected chi connectivity index (χ2v) is 6.26. The first-order valence-corrected chi connectivity index (χ1v) is 7.07. The quantitative estimate of drug-likeness (QED) is 0.790. The summed E-state index contributed by atoms with van der Waals surface area (Å²) in [6.45, 7) is 1.83. The zero-order chi connectivity index (χ0) is 14.0. The van der Waals surface area contributed by atoms with Crippen molar-refractivity contribution in [2.75, 3.05) is 7.05 Å². The van der Waals surface area contributed by atoms with E-state index in [2.05, 4.69) is 15.1 Å². The molecule has 0 unspecified atom stereocenters. The molecule has 0 atom stereocenters. The average Bonchev–Trinajstić information content (AvgIpc) is 2.75. The highest BCUT2D eigenvalue weighted by molar-refractivity contribution is 7.89. The highest BCUT2D eigenvalue weighted by atomic mass is 35.5. The van der Waals surface area contributed by atoms with Crippen LogP contribution in [0.3, 0.4) is 0 Å². The molecular weight excluding hydrogens is 292 g/mol. The van der Waals surface area contributed by atoms with Gasteiger partial charge in [-0.1, -0.05) is 5.16 Å². The van der Waals surface area contributed by atoms with E-state index in [9.17, 15) is 8.42 Å². The lowest BCUT2D eigenvalue weighted by Crippen LogP contribution is -2.26. The van der Waals surface area contributed by atoms with Gasteiger partial charge in [0.25, 0.3) is 0 Å². The molecule has 0 bridgehead atoms. The molecule has 19 heavy (non-hydrogen) atoms. The highest BCUT2D eigenvalue weighted by Gasteiger charge is 2.22. The van der Waals surface area contributed by atoms with Gasteiger partial charge in [0.1, 0.15) is 10.7 Å². The molecule has 0 spiro atoms. The third-order valence-corrected chi connectivity index (χ3v) is 4.32. The van der Waals surface area contributed by atoms with Crippen LogP contribution >= 0.6 is 11.6 Å². The van der Waals surface area contributed by atoms with Crippen molar-refractivity contribution >= 4 is 21.6 Å². The average molecular weight is 303 g/mol. The lowest BCUT2D eigenvalue weighted by molar-refractivity contribution is 0.378. The van der Waals surface area contributed by atoms with Crippen molar-refractivity contribution in [2.45, 2.75) is 18.4 Å². The monoisotopic (exact) mass is 302 g/mol. The van der Waals surface area contributed by atoms with Crippen molar-refractivity contribution in [1.29, 1.82) is 0 Å². The fraction of sp³-hybridized carbons (Fsp3) is 0.300. The molecule has 2 aromatic rings. The number of halogens is 1. The molecule has 0 fully saturated rings. The maximum atomic E-state index is 12.2. The molecule has 0 saturated carbocycles. The van der Waals surface area contributed by atoms with Crippen LogP contribution in [0.1, 0.15) is 11.5 Å². The van der Waals surface area contributed by atoms with Gasteiger partial charge in [-0.25, -0.2) is 18.4 Å². The normalized spacial score (nSPS) is 12.0. The van der Waals surface area contributed by atoms with E-state index in [-0.39, 0.29) is 16.7 Å². The molecular formula is C10H11ClN4O3S. The topological polar surface area (TPSA) is 89.2 Å². The summed E-state index contributed by atoms with van der Waals surface area (Å²) in [5.74, 6) is 0.621. The zero-order valence-electron chi connectivity index (χ0n) is 10.2. The minimum Gasteiger partial charge on any atom is -0.361 e. The highest BCUT2D eigenvalue weighted by Crippen LogP contribution is 2.15. The lowest BCUT2D eigenvalue weighted by Gasteiger charge is -2.14. The maximum absolute atomic E-state index is 12.2. The number of nitrogens with zero attached hydrogens (tertiary/aromatic N) is 4. The zero-order valence-corrected chi connectivity index (χ0v) is 11.8. The van der Waals surface area contributed by atoms with Crippen LogP contribution in [0.15, 0.2) is 27.9 Å². The van der Waals surface area contributed by atoms with Crippen LogP contribution in [0.25, 0.3) is 0 Å². The van der Waals surface area contributed by atoms with E-state index in [0.717, 1.165) is 16.7 Å². The Morgan fingerprint density at radius 2 is 2.00 bits per heavy atom. The second kappa shape index (κ2) is 5.24. The predicted molar refractivity (Wildman–Crippen MR) is 66.9 cm³/mol. The van der Waals surface area contributed by atoms with Crippen LogP contribution in [0.4, 0.5) is 0 Å². The summed E-state index contributed by atoms with van der Waals surface area (Å²) in [4.78, 5) is 7.28. The van der Waals surface area contributed by atoms with E-state index in [1.54, 1.807) is 13.0 Å². The van der Waals surface area contributed by atoms with Crippen molar-refractivity contribution in [1.82, 2.24) is 19.4 Å². The van der Waals surface area contributed by atoms with Crippen LogP contribution in [-0.4, -0.2) is 34.9 Å². The molecule has 7 nitrogen and oxygen atoms in total. The Hall–Kier alpha value is -1.51. The fourth-order valence-corrected chi connectivity index (χ4v) is 2.55. The van der Waals surface area contributed by atoms with Gasteiger partial charge in [-0.3, -0.25) is 0 Å². The molecule has 0 N–H and O–H groups in total. The number of sulfonamides is 1. The first-order valence-electron chi connectivity index (χ1n) is 5.25. The Morgan fingerprint density at radius 1 is 1.37 bits per heavy atom. The van der Waals surface area contributed by atoms with E-state index >= 15 is 0 Å². The Bertz CT molecular complexity index is 668. The van der Waals surface area contributed by atoms with Crippen LogP contribution in [0, 0.1) is 6.92 Å². The molecule has 0 amide bonds. The largest absolute Gasteiger partial charge is 0.361 e. The molecule has 2 aromatic heterocycles. The van der Waals surface area contributed by atoms with Crippen molar-refractivity contribution in [3.8, 4) is 0 Å². The molecule has 9 heteroatoms. The minimum atomic E-state index is -3.68. The van der Waals surface area contributed by atoms with Crippen LogP contribution in [-0.2, 0) is 16.6 Å². The SMILES string of the molecule is Cc1cc(CN(C)S(=O)(=O)c2cnc(Cl)nc2)no1. The summed E-state index contributed by atoms with van der Waals surface area (Å²) < 4.78 is 30.4. The van der Waals surface area contributed by atoms with Gasteiger partial charge >= 0.3 is 0 Å². The molecule has 0 aliphatic heterocycles. The van der Waals surface area contributed by atoms with E-state index in [4.69, 9.17) is 16.1 Å². The summed E-state index contributed by atoms with van der Waals surface area (Å²) in [5.41, 5.74) is 0.526. The molecule has 102 valence electrons. The molecule has 2 heterocycles. The number of aryl methyl sites for hydroxylation is 1. The number of aromatic nitrogens is 3. The molecule has 0 aliphatic rings. The fourth-order valence-electron chi connectivity index (χ4n) is 1.42. The maximum Gasteiger partial charge on any atom is 0.246 e. The molecule has 0 aromatic carbocycles. The summed E-state index contributed by atoms with van der Waals surface area (Å²) in [6, 6.07) is 1.67. The van der Waals surface area contributed by atoms with Crippen molar-refractivity contribution in [2.24, 2.45) is 0 Å². The van der Waals surface area contributed by atoms with Crippen molar-refractivity contribution in [3.63, 3.8) is 0 Å². The van der Waals surface area contributed by atoms with Gasteiger partial charge in [0.2, 0.25) is 15.3 Å². The Balaban J connectivity index is 2.21. The third kappa shape index (κ3) is 3.09. The van der Waals surface area contributed by atoms with Crippen molar-refractivity contribution < 1.29 is 12.9 Å². The Morgan fingerprint density at radius 3 is 2.53 bits per heavy atom. The van der Waals surface area contributed by atoms with Crippen molar-refractivity contribution in [3.05, 3.63) is 35.2 Å². The standard InChI is InChI=1S/C10H11ClN4O3S/c1-7-3-8(14-18-7)6-15(2)19(16,17)9-4-12-10(11)13-5-9/h3-5H,6H2,1-2H3. The molecule has 0 radical (unpaired) electrons. The first-order chi connectivity index (χ1) is 8.89. The Labute approximate surface area is 115 Å². The van der Waals surface area contributed by atoms with E-state index in [1.165, 1.54) is 7.05 Å². The van der Waals surface area contributed by atoms with E-state index < -0.39 is 10.0 Å². The second-order valence-electron chi connectivity index (χ2n) is 3.88. The van der Waals surface area contributed by atoms with Crippen LogP contribution in [0.2, 0.25) is 5.28 Å². The van der Waals surface area contributed by atoms with E-state index in [0.29, 0.717) is 11.5 Å². The Kier molecular flexibility index (Phi) is 3.83. The minimum absolute atomic E-state index is 0.00581. The number of hydrogen-bond acceptors (Lipinski definition) is 6. The lowest BCUT2D eigenvalue weighted by atomic mass is 10.4. The van der Waals surface area contributed by atoms with E-state index in [1.807, 2.05) is 0 Å². The number of hydrogen-bond donors (Lipinski definition) is 0. The molecule has 2 rings (SSSR count). The first kappa shape index (κ1) is 13.9. The van der Waals surface area contributed by atoms with Gasteiger partial charge in [0.15, 0.2) is 0 Å². The van der Waals surface area contributed by atoms with Gasteiger partial charge in [0, 0.05) is 13.1 Å². The smallest absolute Gasteiger partial charge is 0.246 e. The van der Waals surface area contributed by atoms with Gasteiger partial charge < -0.3 is 4.52 Å². The van der Waals surface area contributed by atoms with Gasteiger partial charge in [0.05, 0.1) is 24.6 Å². The summed E-state index contributed by atoms with van der Waals surface area (Å²) in [7, 11) is -2.24. The molecule has 0 saturated heterocycles. The van der Waals surface area contributed by atoms with Gasteiger partial charge in [-0.05, 0) is 18.5 Å². The summed E-state index contributed by atoms with van der Waals surface area (Å²) >= 11 is 5.52. The third-order valence-electron chi connectivity index (χ3n) is 2.37. The van der Waals surface area contributed by atoms with Crippen LogP contribution in [0.5, 0.6) is 0 Å². The predicted octanol–water partition coefficient (Wildman–Crippen LogP) is 1.25. The van der Waals surface area contributed by atoms with Crippen LogP contribution < -0.4 is 0 Å². The summed E-state index contributed by atoms with van der Waals surface area (Å²) in [6.07, 6.45) is 2.32. The molecule has 0 aliphatic carbocycles. The van der Waals surface area contributed by atoms with Gasteiger partial charge in [-0.15, -0.1) is 0 Å². The summed E-state index contributed by atoms with van der Waals surface area (Å²) in [5, 5.41) is 3.74.